The Morgan fingerprint density at radius 2 is 0.458 bits per heavy atom. The van der Waals surface area contributed by atoms with E-state index < -0.39 is 0 Å². The number of rotatable bonds is 11. The van der Waals surface area contributed by atoms with E-state index in [-0.39, 0.29) is 0 Å². The molecule has 0 bridgehead atoms. The van der Waals surface area contributed by atoms with Crippen LogP contribution in [0.1, 0.15) is 0 Å². The summed E-state index contributed by atoms with van der Waals surface area (Å²) in [6.45, 7) is 0. The lowest BCUT2D eigenvalue weighted by Crippen LogP contribution is -1.95. The van der Waals surface area contributed by atoms with Crippen molar-refractivity contribution in [3.63, 3.8) is 0 Å². The summed E-state index contributed by atoms with van der Waals surface area (Å²) in [6.07, 6.45) is 6.07. The van der Waals surface area contributed by atoms with Crippen LogP contribution in [-0.4, -0.2) is 15.0 Å². The molecular weight excluding hydrogens is 871 g/mol. The van der Waals surface area contributed by atoms with E-state index in [0.29, 0.717) is 0 Å². The van der Waals surface area contributed by atoms with Crippen molar-refractivity contribution in [2.24, 2.45) is 0 Å². The van der Waals surface area contributed by atoms with Crippen molar-refractivity contribution >= 4 is 0 Å². The predicted octanol–water partition coefficient (Wildman–Crippen LogP) is 18.2. The van der Waals surface area contributed by atoms with Crippen molar-refractivity contribution in [2.45, 2.75) is 0 Å². The number of pyridine rings is 3. The number of benzene rings is 9. The summed E-state index contributed by atoms with van der Waals surface area (Å²) in [4.78, 5) is 15.1. The molecule has 0 aliphatic carbocycles. The Morgan fingerprint density at radius 1 is 0.153 bits per heavy atom. The Balaban J connectivity index is 1.00. The third kappa shape index (κ3) is 8.95. The van der Waals surface area contributed by atoms with E-state index in [0.717, 1.165) is 112 Å². The minimum Gasteiger partial charge on any atom is -0.256 e. The second-order valence-corrected chi connectivity index (χ2v) is 18.0. The normalized spacial score (nSPS) is 11.1. The molecule has 3 nitrogen and oxygen atoms in total. The fraction of sp³-hybridized carbons (Fsp3) is 0. The molecule has 72 heavy (non-hydrogen) atoms. The van der Waals surface area contributed by atoms with Gasteiger partial charge in [-0.25, -0.2) is 0 Å². The Bertz CT molecular complexity index is 3800. The third-order valence-corrected chi connectivity index (χ3v) is 13.5. The van der Waals surface area contributed by atoms with Gasteiger partial charge in [-0.3, -0.25) is 15.0 Å². The average Bonchev–Trinajstić information content (AvgIpc) is 3.48. The molecule has 3 heteroatoms. The highest BCUT2D eigenvalue weighted by atomic mass is 14.7. The molecule has 0 aliphatic heterocycles. The van der Waals surface area contributed by atoms with Crippen LogP contribution in [0.5, 0.6) is 0 Å². The van der Waals surface area contributed by atoms with E-state index in [9.17, 15) is 0 Å². The maximum atomic E-state index is 5.12. The monoisotopic (exact) mass is 917 g/mol. The van der Waals surface area contributed by atoms with Crippen molar-refractivity contribution in [3.8, 4) is 123 Å². The van der Waals surface area contributed by atoms with Gasteiger partial charge in [-0.15, -0.1) is 0 Å². The van der Waals surface area contributed by atoms with E-state index in [2.05, 4.69) is 255 Å². The molecule has 0 aliphatic rings. The highest BCUT2D eigenvalue weighted by Crippen LogP contribution is 2.44. The van der Waals surface area contributed by atoms with E-state index in [1.165, 1.54) is 11.1 Å². The topological polar surface area (TPSA) is 38.7 Å². The lowest BCUT2D eigenvalue weighted by Gasteiger charge is -2.19. The zero-order valence-electron chi connectivity index (χ0n) is 39.5. The SMILES string of the molecule is c1ccc(-c2ccc(-c3ccc(-c4ccccc4-c4cc(-c5ccccc5-c5ccc(-c6ccccc6)nc5)cc(-c5ccccc5-c5cnc(-c6ccccc6)cc5-c5ccccc5)c4)cn3)cc2)cc1. The van der Waals surface area contributed by atoms with Gasteiger partial charge in [0.25, 0.3) is 0 Å². The summed E-state index contributed by atoms with van der Waals surface area (Å²) < 4.78 is 0. The Kier molecular flexibility index (Phi) is 12.0. The first-order valence-corrected chi connectivity index (χ1v) is 24.4. The molecule has 0 amide bonds. The summed E-state index contributed by atoms with van der Waals surface area (Å²) in [5.41, 5.74) is 23.8. The zero-order chi connectivity index (χ0) is 48.1. The predicted molar refractivity (Wildman–Crippen MR) is 300 cm³/mol. The summed E-state index contributed by atoms with van der Waals surface area (Å²) in [5.74, 6) is 0. The molecule has 3 heterocycles. The smallest absolute Gasteiger partial charge is 0.0708 e. The third-order valence-electron chi connectivity index (χ3n) is 13.5. The van der Waals surface area contributed by atoms with Gasteiger partial charge in [-0.2, -0.15) is 0 Å². The molecule has 0 fully saturated rings. The van der Waals surface area contributed by atoms with Crippen LogP contribution < -0.4 is 0 Å². The highest BCUT2D eigenvalue weighted by Gasteiger charge is 2.19. The Labute approximate surface area is 421 Å². The van der Waals surface area contributed by atoms with E-state index >= 15 is 0 Å². The van der Waals surface area contributed by atoms with Crippen LogP contribution in [-0.2, 0) is 0 Å². The summed E-state index contributed by atoms with van der Waals surface area (Å²) in [7, 11) is 0. The first-order valence-electron chi connectivity index (χ1n) is 24.4. The maximum absolute atomic E-state index is 5.12. The van der Waals surface area contributed by atoms with Gasteiger partial charge in [-0.1, -0.05) is 231 Å². The Hall–Kier alpha value is -9.57. The minimum absolute atomic E-state index is 0.931. The molecule has 0 spiro atoms. The van der Waals surface area contributed by atoms with Crippen molar-refractivity contribution in [3.05, 3.63) is 286 Å². The van der Waals surface area contributed by atoms with Gasteiger partial charge in [0.05, 0.1) is 17.1 Å². The molecule has 12 rings (SSSR count). The highest BCUT2D eigenvalue weighted by molar-refractivity contribution is 5.97. The van der Waals surface area contributed by atoms with Gasteiger partial charge >= 0.3 is 0 Å². The molecule has 0 atom stereocenters. The molecule has 0 N–H and O–H groups in total. The second kappa shape index (κ2) is 19.8. The molecule has 338 valence electrons. The zero-order valence-corrected chi connectivity index (χ0v) is 39.5. The van der Waals surface area contributed by atoms with Crippen LogP contribution in [0.2, 0.25) is 0 Å². The van der Waals surface area contributed by atoms with E-state index in [1.807, 2.05) is 30.6 Å². The summed E-state index contributed by atoms with van der Waals surface area (Å²) >= 11 is 0. The maximum Gasteiger partial charge on any atom is 0.0708 e. The minimum atomic E-state index is 0.931. The van der Waals surface area contributed by atoms with Crippen molar-refractivity contribution in [1.29, 1.82) is 0 Å². The second-order valence-electron chi connectivity index (χ2n) is 18.0. The van der Waals surface area contributed by atoms with Crippen molar-refractivity contribution in [2.75, 3.05) is 0 Å². The molecule has 9 aromatic carbocycles. The van der Waals surface area contributed by atoms with Gasteiger partial charge in [0.15, 0.2) is 0 Å². The van der Waals surface area contributed by atoms with Gasteiger partial charge in [0.1, 0.15) is 0 Å². The fourth-order valence-corrected chi connectivity index (χ4v) is 9.85. The van der Waals surface area contributed by atoms with Gasteiger partial charge in [-0.05, 0) is 109 Å². The molecule has 0 unspecified atom stereocenters. The molecular formula is C69H47N3. The van der Waals surface area contributed by atoms with Gasteiger partial charge in [0.2, 0.25) is 0 Å². The van der Waals surface area contributed by atoms with Crippen LogP contribution in [0, 0.1) is 0 Å². The summed E-state index contributed by atoms with van der Waals surface area (Å²) in [6, 6.07) is 94.6. The Morgan fingerprint density at radius 3 is 0.903 bits per heavy atom. The van der Waals surface area contributed by atoms with Gasteiger partial charge < -0.3 is 0 Å². The van der Waals surface area contributed by atoms with Crippen LogP contribution in [0.4, 0.5) is 0 Å². The van der Waals surface area contributed by atoms with Crippen molar-refractivity contribution in [1.82, 2.24) is 15.0 Å². The van der Waals surface area contributed by atoms with Crippen LogP contribution in [0.25, 0.3) is 123 Å². The number of nitrogens with zero attached hydrogens (tertiary/aromatic N) is 3. The molecule has 0 saturated heterocycles. The van der Waals surface area contributed by atoms with Crippen molar-refractivity contribution < 1.29 is 0 Å². The molecule has 0 radical (unpaired) electrons. The number of hydrogen-bond acceptors (Lipinski definition) is 3. The standard InChI is InChI=1S/C69H47N3/c1-5-19-48(20-6-1)49-33-35-53(36-34-49)68-40-38-55(46-71-68)60-28-14-16-30-62(60)57-41-56(61-29-15-13-27-59(61)54-37-39-67(70-45-54)51-23-9-3-10-24-51)42-58(43-57)63-31-17-18-32-64(63)66-47-72-69(52-25-11-4-12-26-52)44-65(66)50-21-7-2-8-22-50/h1-47H. The largest absolute Gasteiger partial charge is 0.256 e. The molecule has 12 aromatic rings. The van der Waals surface area contributed by atoms with Gasteiger partial charge in [0, 0.05) is 52.0 Å². The molecule has 0 saturated carbocycles. The van der Waals surface area contributed by atoms with E-state index in [1.54, 1.807) is 0 Å². The lowest BCUT2D eigenvalue weighted by atomic mass is 9.85. The van der Waals surface area contributed by atoms with Crippen LogP contribution >= 0.6 is 0 Å². The average molecular weight is 918 g/mol. The summed E-state index contributed by atoms with van der Waals surface area (Å²) in [5, 5.41) is 0. The first-order chi connectivity index (χ1) is 35.7. The van der Waals surface area contributed by atoms with Crippen LogP contribution in [0.15, 0.2) is 286 Å². The fourth-order valence-electron chi connectivity index (χ4n) is 9.85. The van der Waals surface area contributed by atoms with Crippen LogP contribution in [0.3, 0.4) is 0 Å². The quantitative estimate of drug-likeness (QED) is 0.130. The van der Waals surface area contributed by atoms with E-state index in [4.69, 9.17) is 15.0 Å². The first kappa shape index (κ1) is 43.7. The number of hydrogen-bond donors (Lipinski definition) is 0. The number of aromatic nitrogens is 3. The molecule has 3 aromatic heterocycles. The lowest BCUT2D eigenvalue weighted by molar-refractivity contribution is 1.32.